The summed E-state index contributed by atoms with van der Waals surface area (Å²) in [6.07, 6.45) is 5.44. The van der Waals surface area contributed by atoms with E-state index in [4.69, 9.17) is 9.97 Å². The van der Waals surface area contributed by atoms with E-state index in [2.05, 4.69) is 27.4 Å². The Morgan fingerprint density at radius 3 is 2.82 bits per heavy atom. The SMILES string of the molecule is CNc1nc(C2CCCN(CC(=O)N3CCC(C)CC3)C2)nc2c1CNCC2. The van der Waals surface area contributed by atoms with Gasteiger partial charge < -0.3 is 15.5 Å². The van der Waals surface area contributed by atoms with Gasteiger partial charge in [0.2, 0.25) is 5.91 Å². The van der Waals surface area contributed by atoms with Crippen LogP contribution in [0.15, 0.2) is 0 Å². The molecule has 0 spiro atoms. The fraction of sp³-hybridized carbons (Fsp3) is 0.762. The summed E-state index contributed by atoms with van der Waals surface area (Å²) in [7, 11) is 1.94. The number of nitrogens with zero attached hydrogens (tertiary/aromatic N) is 4. The van der Waals surface area contributed by atoms with Crippen LogP contribution in [0.2, 0.25) is 0 Å². The molecule has 2 saturated heterocycles. The van der Waals surface area contributed by atoms with Crippen molar-refractivity contribution in [2.45, 2.75) is 51.5 Å². The number of aromatic nitrogens is 2. The van der Waals surface area contributed by atoms with E-state index in [1.807, 2.05) is 7.05 Å². The van der Waals surface area contributed by atoms with Gasteiger partial charge in [-0.05, 0) is 38.1 Å². The van der Waals surface area contributed by atoms with E-state index >= 15 is 0 Å². The van der Waals surface area contributed by atoms with Crippen molar-refractivity contribution in [3.05, 3.63) is 17.1 Å². The summed E-state index contributed by atoms with van der Waals surface area (Å²) in [6, 6.07) is 0. The monoisotopic (exact) mass is 386 g/mol. The molecule has 0 aliphatic carbocycles. The normalized spacial score (nSPS) is 24.1. The molecule has 7 heteroatoms. The van der Waals surface area contributed by atoms with Crippen molar-refractivity contribution < 1.29 is 4.79 Å². The Labute approximate surface area is 168 Å². The van der Waals surface area contributed by atoms with E-state index in [9.17, 15) is 4.79 Å². The van der Waals surface area contributed by atoms with Gasteiger partial charge in [0, 0.05) is 57.7 Å². The predicted octanol–water partition coefficient (Wildman–Crippen LogP) is 1.60. The molecule has 1 aromatic heterocycles. The number of hydrogen-bond donors (Lipinski definition) is 2. The topological polar surface area (TPSA) is 73.4 Å². The van der Waals surface area contributed by atoms with Gasteiger partial charge in [0.25, 0.3) is 0 Å². The highest BCUT2D eigenvalue weighted by Gasteiger charge is 2.29. The highest BCUT2D eigenvalue weighted by Crippen LogP contribution is 2.28. The van der Waals surface area contributed by atoms with Gasteiger partial charge in [0.15, 0.2) is 0 Å². The van der Waals surface area contributed by atoms with E-state index in [0.717, 1.165) is 88.9 Å². The number of amides is 1. The molecule has 2 N–H and O–H groups in total. The average molecular weight is 387 g/mol. The minimum atomic E-state index is 0.292. The van der Waals surface area contributed by atoms with E-state index in [0.29, 0.717) is 18.4 Å². The molecular formula is C21H34N6O. The molecule has 1 atom stereocenters. The maximum absolute atomic E-state index is 12.7. The smallest absolute Gasteiger partial charge is 0.236 e. The number of hydrogen-bond acceptors (Lipinski definition) is 6. The van der Waals surface area contributed by atoms with Crippen molar-refractivity contribution in [2.24, 2.45) is 5.92 Å². The van der Waals surface area contributed by atoms with Gasteiger partial charge in [-0.2, -0.15) is 0 Å². The quantitative estimate of drug-likeness (QED) is 0.819. The molecule has 154 valence electrons. The highest BCUT2D eigenvalue weighted by atomic mass is 16.2. The molecule has 3 aliphatic rings. The van der Waals surface area contributed by atoms with Crippen LogP contribution in [0.25, 0.3) is 0 Å². The van der Waals surface area contributed by atoms with Crippen LogP contribution in [0.1, 0.15) is 55.6 Å². The zero-order valence-electron chi connectivity index (χ0n) is 17.3. The van der Waals surface area contributed by atoms with Crippen LogP contribution < -0.4 is 10.6 Å². The maximum atomic E-state index is 12.7. The fourth-order valence-electron chi connectivity index (χ4n) is 4.71. The lowest BCUT2D eigenvalue weighted by Crippen LogP contribution is -2.46. The Bertz CT molecular complexity index is 683. The number of anilines is 1. The number of nitrogens with one attached hydrogen (secondary N) is 2. The van der Waals surface area contributed by atoms with E-state index in [1.165, 1.54) is 11.3 Å². The van der Waals surface area contributed by atoms with Crippen LogP contribution in [0.5, 0.6) is 0 Å². The average Bonchev–Trinajstić information content (AvgIpc) is 2.73. The number of fused-ring (bicyclic) bond motifs is 1. The molecule has 0 radical (unpaired) electrons. The number of carbonyl (C=O) groups excluding carboxylic acids is 1. The summed E-state index contributed by atoms with van der Waals surface area (Å²) in [4.78, 5) is 26.9. The Morgan fingerprint density at radius 1 is 1.21 bits per heavy atom. The van der Waals surface area contributed by atoms with Crippen molar-refractivity contribution in [3.63, 3.8) is 0 Å². The number of carbonyl (C=O) groups is 1. The molecular weight excluding hydrogens is 352 g/mol. The lowest BCUT2D eigenvalue weighted by molar-refractivity contribution is -0.134. The van der Waals surface area contributed by atoms with Crippen LogP contribution in [-0.4, -0.2) is 72.0 Å². The highest BCUT2D eigenvalue weighted by molar-refractivity contribution is 5.78. The van der Waals surface area contributed by atoms with Gasteiger partial charge in [0.1, 0.15) is 11.6 Å². The second-order valence-electron chi connectivity index (χ2n) is 8.67. The zero-order chi connectivity index (χ0) is 19.5. The second kappa shape index (κ2) is 8.74. The van der Waals surface area contributed by atoms with Crippen molar-refractivity contribution >= 4 is 11.7 Å². The lowest BCUT2D eigenvalue weighted by atomic mass is 9.96. The lowest BCUT2D eigenvalue weighted by Gasteiger charge is -2.35. The molecule has 1 amide bonds. The van der Waals surface area contributed by atoms with Crippen molar-refractivity contribution in [2.75, 3.05) is 51.6 Å². The number of likely N-dealkylation sites (tertiary alicyclic amines) is 2. The molecule has 3 aliphatic heterocycles. The van der Waals surface area contributed by atoms with Gasteiger partial charge in [-0.15, -0.1) is 0 Å². The van der Waals surface area contributed by atoms with Gasteiger partial charge in [-0.3, -0.25) is 9.69 Å². The van der Waals surface area contributed by atoms with E-state index in [1.54, 1.807) is 0 Å². The molecule has 0 saturated carbocycles. The van der Waals surface area contributed by atoms with Crippen LogP contribution >= 0.6 is 0 Å². The van der Waals surface area contributed by atoms with Crippen molar-refractivity contribution in [3.8, 4) is 0 Å². The van der Waals surface area contributed by atoms with Crippen molar-refractivity contribution in [1.82, 2.24) is 25.1 Å². The summed E-state index contributed by atoms with van der Waals surface area (Å²) < 4.78 is 0. The van der Waals surface area contributed by atoms with E-state index in [-0.39, 0.29) is 0 Å². The predicted molar refractivity (Wildman–Crippen MR) is 110 cm³/mol. The molecule has 2 fully saturated rings. The third-order valence-corrected chi connectivity index (χ3v) is 6.55. The molecule has 0 aromatic carbocycles. The summed E-state index contributed by atoms with van der Waals surface area (Å²) in [5, 5.41) is 6.67. The van der Waals surface area contributed by atoms with Crippen LogP contribution in [0, 0.1) is 5.92 Å². The molecule has 4 heterocycles. The standard InChI is InChI=1S/C21H34N6O/c1-15-6-10-27(11-7-15)19(28)14-26-9-3-4-16(13-26)20-24-18-5-8-23-12-17(18)21(22-2)25-20/h15-16,23H,3-14H2,1-2H3,(H,22,24,25). The van der Waals surface area contributed by atoms with Crippen LogP contribution in [0.4, 0.5) is 5.82 Å². The first kappa shape index (κ1) is 19.6. The first-order valence-corrected chi connectivity index (χ1v) is 10.9. The third-order valence-electron chi connectivity index (χ3n) is 6.55. The molecule has 1 aromatic rings. The largest absolute Gasteiger partial charge is 0.373 e. The number of rotatable bonds is 4. The van der Waals surface area contributed by atoms with Gasteiger partial charge in [0.05, 0.1) is 12.2 Å². The van der Waals surface area contributed by atoms with Crippen molar-refractivity contribution in [1.29, 1.82) is 0 Å². The Morgan fingerprint density at radius 2 is 2.04 bits per heavy atom. The Balaban J connectivity index is 1.42. The van der Waals surface area contributed by atoms with Gasteiger partial charge in [-0.1, -0.05) is 6.92 Å². The van der Waals surface area contributed by atoms with Crippen LogP contribution in [-0.2, 0) is 17.8 Å². The maximum Gasteiger partial charge on any atom is 0.236 e. The van der Waals surface area contributed by atoms with E-state index < -0.39 is 0 Å². The first-order valence-electron chi connectivity index (χ1n) is 10.9. The number of piperidine rings is 2. The van der Waals surface area contributed by atoms with Crippen LogP contribution in [0.3, 0.4) is 0 Å². The zero-order valence-corrected chi connectivity index (χ0v) is 17.3. The van der Waals surface area contributed by atoms with Gasteiger partial charge in [-0.25, -0.2) is 9.97 Å². The summed E-state index contributed by atoms with van der Waals surface area (Å²) >= 11 is 0. The molecule has 0 bridgehead atoms. The Hall–Kier alpha value is -1.73. The Kier molecular flexibility index (Phi) is 6.11. The minimum Gasteiger partial charge on any atom is -0.373 e. The minimum absolute atomic E-state index is 0.292. The fourth-order valence-corrected chi connectivity index (χ4v) is 4.71. The summed E-state index contributed by atoms with van der Waals surface area (Å²) in [6.45, 7) is 8.37. The molecule has 1 unspecified atom stereocenters. The molecule has 28 heavy (non-hydrogen) atoms. The summed E-state index contributed by atoms with van der Waals surface area (Å²) in [5.74, 6) is 3.27. The molecule has 7 nitrogen and oxygen atoms in total. The third kappa shape index (κ3) is 4.30. The molecule has 4 rings (SSSR count). The summed E-state index contributed by atoms with van der Waals surface area (Å²) in [5.41, 5.74) is 2.39. The second-order valence-corrected chi connectivity index (χ2v) is 8.67. The van der Waals surface area contributed by atoms with Gasteiger partial charge >= 0.3 is 0 Å². The first-order chi connectivity index (χ1) is 13.6.